The second-order valence-electron chi connectivity index (χ2n) is 7.29. The van der Waals surface area contributed by atoms with Crippen LogP contribution in [0.3, 0.4) is 0 Å². The first kappa shape index (κ1) is 18.7. The quantitative estimate of drug-likeness (QED) is 0.850. The van der Waals surface area contributed by atoms with Gasteiger partial charge in [-0.15, -0.1) is 0 Å². The van der Waals surface area contributed by atoms with Gasteiger partial charge in [-0.1, -0.05) is 25.0 Å². The Morgan fingerprint density at radius 2 is 1.88 bits per heavy atom. The second-order valence-corrected chi connectivity index (χ2v) is 7.29. The standard InChI is InChI=1S/C20H28FN3O2/c21-16-10-8-15(9-11-16)14-23-20(26)24-13-5-1-4-12-22-19(25)17-6-2-3-7-18(17)24/h8-11,17-18H,1-7,12-14H2,(H,22,25)(H,23,26). The summed E-state index contributed by atoms with van der Waals surface area (Å²) in [6.07, 6.45) is 6.72. The number of hydrogen-bond acceptors (Lipinski definition) is 2. The molecule has 2 N–H and O–H groups in total. The average Bonchev–Trinajstić information content (AvgIpc) is 2.66. The Labute approximate surface area is 154 Å². The van der Waals surface area contributed by atoms with Crippen LogP contribution in [0.5, 0.6) is 0 Å². The molecule has 1 saturated heterocycles. The van der Waals surface area contributed by atoms with Crippen molar-refractivity contribution in [3.63, 3.8) is 0 Å². The molecule has 2 unspecified atom stereocenters. The molecule has 0 aromatic heterocycles. The number of fused-ring (bicyclic) bond motifs is 1. The number of carbonyl (C=O) groups is 2. The lowest BCUT2D eigenvalue weighted by Gasteiger charge is -2.40. The van der Waals surface area contributed by atoms with Crippen molar-refractivity contribution >= 4 is 11.9 Å². The fourth-order valence-corrected chi connectivity index (χ4v) is 4.02. The Kier molecular flexibility index (Phi) is 6.47. The third kappa shape index (κ3) is 4.74. The number of nitrogens with zero attached hydrogens (tertiary/aromatic N) is 1. The minimum Gasteiger partial charge on any atom is -0.356 e. The van der Waals surface area contributed by atoms with Gasteiger partial charge in [-0.2, -0.15) is 0 Å². The van der Waals surface area contributed by atoms with Gasteiger partial charge in [-0.25, -0.2) is 9.18 Å². The topological polar surface area (TPSA) is 61.4 Å². The number of rotatable bonds is 2. The Hall–Kier alpha value is -2.11. The van der Waals surface area contributed by atoms with E-state index in [1.807, 2.05) is 4.90 Å². The maximum atomic E-state index is 13.0. The van der Waals surface area contributed by atoms with Crippen LogP contribution in [0.15, 0.2) is 24.3 Å². The summed E-state index contributed by atoms with van der Waals surface area (Å²) >= 11 is 0. The van der Waals surface area contributed by atoms with Gasteiger partial charge in [0.05, 0.1) is 5.92 Å². The van der Waals surface area contributed by atoms with Gasteiger partial charge in [-0.05, 0) is 49.8 Å². The predicted octanol–water partition coefficient (Wildman–Crippen LogP) is 3.20. The molecule has 1 aliphatic carbocycles. The van der Waals surface area contributed by atoms with Crippen LogP contribution < -0.4 is 10.6 Å². The van der Waals surface area contributed by atoms with Crippen molar-refractivity contribution in [2.24, 2.45) is 5.92 Å². The first-order valence-electron chi connectivity index (χ1n) is 9.72. The third-order valence-electron chi connectivity index (χ3n) is 5.46. The van der Waals surface area contributed by atoms with E-state index in [0.29, 0.717) is 13.1 Å². The molecule has 1 saturated carbocycles. The molecule has 3 amide bonds. The van der Waals surface area contributed by atoms with Crippen LogP contribution in [0, 0.1) is 11.7 Å². The lowest BCUT2D eigenvalue weighted by molar-refractivity contribution is -0.128. The van der Waals surface area contributed by atoms with Crippen molar-refractivity contribution < 1.29 is 14.0 Å². The molecule has 1 aromatic carbocycles. The van der Waals surface area contributed by atoms with Gasteiger partial charge in [-0.3, -0.25) is 4.79 Å². The first-order chi connectivity index (χ1) is 12.6. The van der Waals surface area contributed by atoms with E-state index in [0.717, 1.165) is 57.1 Å². The zero-order valence-corrected chi connectivity index (χ0v) is 15.2. The predicted molar refractivity (Wildman–Crippen MR) is 97.9 cm³/mol. The molecular weight excluding hydrogens is 333 g/mol. The number of hydrogen-bond donors (Lipinski definition) is 2. The molecule has 2 aliphatic rings. The highest BCUT2D eigenvalue weighted by atomic mass is 19.1. The summed E-state index contributed by atoms with van der Waals surface area (Å²) < 4.78 is 13.0. The molecule has 6 heteroatoms. The van der Waals surface area contributed by atoms with E-state index in [2.05, 4.69) is 10.6 Å². The number of urea groups is 1. The summed E-state index contributed by atoms with van der Waals surface area (Å²) in [5.74, 6) is -0.307. The first-order valence-corrected chi connectivity index (χ1v) is 9.72. The number of nitrogens with one attached hydrogen (secondary N) is 2. The highest BCUT2D eigenvalue weighted by molar-refractivity contribution is 5.81. The Balaban J connectivity index is 1.69. The van der Waals surface area contributed by atoms with Gasteiger partial charge < -0.3 is 15.5 Å². The molecular formula is C20H28FN3O2. The Morgan fingerprint density at radius 3 is 2.69 bits per heavy atom. The number of halogens is 1. The fourth-order valence-electron chi connectivity index (χ4n) is 4.02. The second kappa shape index (κ2) is 9.01. The van der Waals surface area contributed by atoms with Crippen molar-refractivity contribution in [3.8, 4) is 0 Å². The van der Waals surface area contributed by atoms with Crippen molar-refractivity contribution in [1.82, 2.24) is 15.5 Å². The van der Waals surface area contributed by atoms with Gasteiger partial charge >= 0.3 is 6.03 Å². The van der Waals surface area contributed by atoms with E-state index in [9.17, 15) is 14.0 Å². The van der Waals surface area contributed by atoms with Gasteiger partial charge in [0.2, 0.25) is 5.91 Å². The average molecular weight is 361 g/mol. The largest absolute Gasteiger partial charge is 0.356 e. The maximum absolute atomic E-state index is 13.0. The van der Waals surface area contributed by atoms with Gasteiger partial charge in [0.15, 0.2) is 0 Å². The molecule has 1 aliphatic heterocycles. The number of amides is 3. The van der Waals surface area contributed by atoms with Crippen LogP contribution in [0.4, 0.5) is 9.18 Å². The summed E-state index contributed by atoms with van der Waals surface area (Å²) in [7, 11) is 0. The van der Waals surface area contributed by atoms with Crippen LogP contribution in [-0.4, -0.2) is 36.0 Å². The SMILES string of the molecule is O=C1NCCCCCN(C(=O)NCc2ccc(F)cc2)C2CCCCC12. The summed E-state index contributed by atoms with van der Waals surface area (Å²) in [5.41, 5.74) is 0.860. The van der Waals surface area contributed by atoms with Crippen molar-refractivity contribution in [1.29, 1.82) is 0 Å². The lowest BCUT2D eigenvalue weighted by Crippen LogP contribution is -2.54. The normalized spacial score (nSPS) is 24.3. The summed E-state index contributed by atoms with van der Waals surface area (Å²) in [4.78, 5) is 27.3. The summed E-state index contributed by atoms with van der Waals surface area (Å²) in [5, 5.41) is 5.99. The van der Waals surface area contributed by atoms with Gasteiger partial charge in [0.1, 0.15) is 5.82 Å². The van der Waals surface area contributed by atoms with Crippen LogP contribution in [-0.2, 0) is 11.3 Å². The van der Waals surface area contributed by atoms with E-state index < -0.39 is 0 Å². The molecule has 2 fully saturated rings. The lowest BCUT2D eigenvalue weighted by atomic mass is 9.82. The van der Waals surface area contributed by atoms with E-state index in [1.165, 1.54) is 12.1 Å². The molecule has 0 spiro atoms. The summed E-state index contributed by atoms with van der Waals surface area (Å²) in [6.45, 7) is 1.78. The Morgan fingerprint density at radius 1 is 1.12 bits per heavy atom. The minimum atomic E-state index is -0.285. The zero-order chi connectivity index (χ0) is 18.4. The molecule has 142 valence electrons. The number of carbonyl (C=O) groups excluding carboxylic acids is 2. The molecule has 1 heterocycles. The monoisotopic (exact) mass is 361 g/mol. The van der Waals surface area contributed by atoms with E-state index in [4.69, 9.17) is 0 Å². The van der Waals surface area contributed by atoms with Gasteiger partial charge in [0, 0.05) is 25.7 Å². The maximum Gasteiger partial charge on any atom is 0.317 e. The minimum absolute atomic E-state index is 0.0323. The van der Waals surface area contributed by atoms with Crippen LogP contribution in [0.2, 0.25) is 0 Å². The van der Waals surface area contributed by atoms with Crippen molar-refractivity contribution in [2.45, 2.75) is 57.5 Å². The zero-order valence-electron chi connectivity index (χ0n) is 15.2. The Bertz CT molecular complexity index is 620. The van der Waals surface area contributed by atoms with E-state index in [-0.39, 0.29) is 29.7 Å². The van der Waals surface area contributed by atoms with Crippen LogP contribution >= 0.6 is 0 Å². The van der Waals surface area contributed by atoms with Crippen molar-refractivity contribution in [2.75, 3.05) is 13.1 Å². The van der Waals surface area contributed by atoms with Crippen LogP contribution in [0.25, 0.3) is 0 Å². The molecule has 0 bridgehead atoms. The van der Waals surface area contributed by atoms with E-state index >= 15 is 0 Å². The highest BCUT2D eigenvalue weighted by Crippen LogP contribution is 2.29. The highest BCUT2D eigenvalue weighted by Gasteiger charge is 2.37. The molecule has 26 heavy (non-hydrogen) atoms. The number of benzene rings is 1. The molecule has 2 atom stereocenters. The molecule has 1 aromatic rings. The summed E-state index contributed by atoms with van der Waals surface area (Å²) in [6, 6.07) is 5.98. The molecule has 0 radical (unpaired) electrons. The van der Waals surface area contributed by atoms with E-state index in [1.54, 1.807) is 12.1 Å². The third-order valence-corrected chi connectivity index (χ3v) is 5.46. The molecule has 3 rings (SSSR count). The molecule has 5 nitrogen and oxygen atoms in total. The fraction of sp³-hybridized carbons (Fsp3) is 0.600. The van der Waals surface area contributed by atoms with Gasteiger partial charge in [0.25, 0.3) is 0 Å². The van der Waals surface area contributed by atoms with Crippen molar-refractivity contribution in [3.05, 3.63) is 35.6 Å². The smallest absolute Gasteiger partial charge is 0.317 e. The van der Waals surface area contributed by atoms with Crippen LogP contribution in [0.1, 0.15) is 50.5 Å².